The Kier molecular flexibility index (Phi) is 6.28. The third kappa shape index (κ3) is 4.30. The van der Waals surface area contributed by atoms with Crippen LogP contribution in [0.2, 0.25) is 0 Å². The molecule has 1 amide bonds. The molecule has 1 N–H and O–H groups in total. The molecule has 5 nitrogen and oxygen atoms in total. The Balaban J connectivity index is 2.18. The van der Waals surface area contributed by atoms with Crippen LogP contribution in [0.4, 0.5) is 0 Å². The summed E-state index contributed by atoms with van der Waals surface area (Å²) in [5, 5.41) is 11.6. The van der Waals surface area contributed by atoms with E-state index in [1.165, 1.54) is 0 Å². The molecule has 0 aliphatic carbocycles. The van der Waals surface area contributed by atoms with Gasteiger partial charge in [-0.15, -0.1) is 0 Å². The lowest BCUT2D eigenvalue weighted by Gasteiger charge is -2.17. The van der Waals surface area contributed by atoms with Gasteiger partial charge in [0.15, 0.2) is 0 Å². The van der Waals surface area contributed by atoms with Gasteiger partial charge in [0.2, 0.25) is 0 Å². The molecular formula is C19H24N4O. The van der Waals surface area contributed by atoms with Crippen LogP contribution in [0.1, 0.15) is 37.3 Å². The number of carbonyl (C=O) groups is 1. The van der Waals surface area contributed by atoms with Crippen molar-refractivity contribution in [3.63, 3.8) is 0 Å². The van der Waals surface area contributed by atoms with Crippen molar-refractivity contribution in [2.75, 3.05) is 27.2 Å². The Morgan fingerprint density at radius 1 is 1.38 bits per heavy atom. The number of rotatable bonds is 7. The van der Waals surface area contributed by atoms with E-state index in [4.69, 9.17) is 5.26 Å². The Morgan fingerprint density at radius 2 is 2.08 bits per heavy atom. The fourth-order valence-corrected chi connectivity index (χ4v) is 2.74. The number of likely N-dealkylation sites (N-methyl/N-ethyl adjacent to an activating group) is 2. The maximum Gasteiger partial charge on any atom is 0.269 e. The Bertz CT molecular complexity index is 695. The molecule has 1 aromatic carbocycles. The number of nitrogens with zero attached hydrogens (tertiary/aromatic N) is 3. The summed E-state index contributed by atoms with van der Waals surface area (Å²) in [5.74, 6) is -0.141. The van der Waals surface area contributed by atoms with Gasteiger partial charge in [-0.05, 0) is 43.3 Å². The minimum absolute atomic E-state index is 0.141. The van der Waals surface area contributed by atoms with Gasteiger partial charge in [0.25, 0.3) is 5.91 Å². The first-order chi connectivity index (χ1) is 11.6. The molecule has 0 aromatic heterocycles. The van der Waals surface area contributed by atoms with Gasteiger partial charge in [-0.3, -0.25) is 4.79 Å². The molecule has 0 saturated heterocycles. The zero-order valence-corrected chi connectivity index (χ0v) is 14.6. The third-order valence-corrected chi connectivity index (χ3v) is 4.11. The van der Waals surface area contributed by atoms with Crippen molar-refractivity contribution in [1.82, 2.24) is 10.2 Å². The predicted molar refractivity (Wildman–Crippen MR) is 95.8 cm³/mol. The van der Waals surface area contributed by atoms with Crippen LogP contribution in [0.3, 0.4) is 0 Å². The summed E-state index contributed by atoms with van der Waals surface area (Å²) in [5.41, 5.74) is 4.04. The van der Waals surface area contributed by atoms with Gasteiger partial charge in [-0.2, -0.15) is 5.26 Å². The quantitative estimate of drug-likeness (QED) is 0.838. The van der Waals surface area contributed by atoms with Gasteiger partial charge in [-0.25, -0.2) is 4.99 Å². The molecule has 1 aliphatic rings. The van der Waals surface area contributed by atoms with Crippen LogP contribution in [0.5, 0.6) is 0 Å². The van der Waals surface area contributed by atoms with Crippen LogP contribution in [0.25, 0.3) is 0 Å². The molecule has 1 heterocycles. The van der Waals surface area contributed by atoms with Gasteiger partial charge in [0.1, 0.15) is 5.70 Å². The molecule has 24 heavy (non-hydrogen) atoms. The highest BCUT2D eigenvalue weighted by molar-refractivity contribution is 6.09. The van der Waals surface area contributed by atoms with Crippen LogP contribution < -0.4 is 5.32 Å². The number of unbranched alkanes of at least 4 members (excludes halogenated alkanes) is 1. The van der Waals surface area contributed by atoms with Crippen molar-refractivity contribution >= 4 is 11.6 Å². The SMILES string of the molecule is CCCCN(C)CC1=C(C(=O)NC)N=C(c2ccc(C#N)cc2)C1. The summed E-state index contributed by atoms with van der Waals surface area (Å²) in [7, 11) is 3.70. The van der Waals surface area contributed by atoms with E-state index in [0.717, 1.165) is 42.8 Å². The minimum atomic E-state index is -0.141. The van der Waals surface area contributed by atoms with Gasteiger partial charge in [-0.1, -0.05) is 25.5 Å². The van der Waals surface area contributed by atoms with Crippen LogP contribution in [0, 0.1) is 11.3 Å². The Labute approximate surface area is 143 Å². The second kappa shape index (κ2) is 8.42. The summed E-state index contributed by atoms with van der Waals surface area (Å²) < 4.78 is 0. The molecule has 0 fully saturated rings. The zero-order valence-electron chi connectivity index (χ0n) is 14.6. The van der Waals surface area contributed by atoms with Crippen molar-refractivity contribution in [3.8, 4) is 6.07 Å². The molecule has 0 atom stereocenters. The summed E-state index contributed by atoms with van der Waals surface area (Å²) >= 11 is 0. The molecule has 126 valence electrons. The number of amides is 1. The monoisotopic (exact) mass is 324 g/mol. The normalized spacial score (nSPS) is 13.9. The average Bonchev–Trinajstić information content (AvgIpc) is 3.03. The van der Waals surface area contributed by atoms with Crippen molar-refractivity contribution in [2.45, 2.75) is 26.2 Å². The topological polar surface area (TPSA) is 68.5 Å². The molecule has 5 heteroatoms. The van der Waals surface area contributed by atoms with Crippen LogP contribution in [-0.2, 0) is 4.79 Å². The third-order valence-electron chi connectivity index (χ3n) is 4.11. The maximum absolute atomic E-state index is 12.2. The number of nitrogens with one attached hydrogen (secondary N) is 1. The lowest BCUT2D eigenvalue weighted by Crippen LogP contribution is -2.25. The molecule has 0 spiro atoms. The van der Waals surface area contributed by atoms with Gasteiger partial charge >= 0.3 is 0 Å². The van der Waals surface area contributed by atoms with E-state index in [0.29, 0.717) is 17.7 Å². The van der Waals surface area contributed by atoms with Crippen molar-refractivity contribution in [3.05, 3.63) is 46.7 Å². The Hall–Kier alpha value is -2.45. The first kappa shape index (κ1) is 17.9. The highest BCUT2D eigenvalue weighted by Crippen LogP contribution is 2.25. The second-order valence-electron chi connectivity index (χ2n) is 6.05. The standard InChI is InChI=1S/C19H24N4O/c1-4-5-10-23(3)13-16-11-17(22-18(16)19(24)21-2)15-8-6-14(12-20)7-9-15/h6-9H,4-5,10-11,13H2,1-3H3,(H,21,24). The average molecular weight is 324 g/mol. The predicted octanol–water partition coefficient (Wildman–Crippen LogP) is 2.48. The Morgan fingerprint density at radius 3 is 2.67 bits per heavy atom. The fourth-order valence-electron chi connectivity index (χ4n) is 2.74. The molecule has 0 radical (unpaired) electrons. The molecule has 0 bridgehead atoms. The minimum Gasteiger partial charge on any atom is -0.354 e. The van der Waals surface area contributed by atoms with Gasteiger partial charge < -0.3 is 10.2 Å². The van der Waals surface area contributed by atoms with Gasteiger partial charge in [0.05, 0.1) is 17.3 Å². The molecule has 1 aromatic rings. The smallest absolute Gasteiger partial charge is 0.269 e. The lowest BCUT2D eigenvalue weighted by atomic mass is 10.0. The number of aliphatic imine (C=N–C) groups is 1. The van der Waals surface area contributed by atoms with Crippen LogP contribution in [0.15, 0.2) is 40.5 Å². The fraction of sp³-hybridized carbons (Fsp3) is 0.421. The number of nitriles is 1. The number of hydrogen-bond donors (Lipinski definition) is 1. The molecule has 0 unspecified atom stereocenters. The first-order valence-electron chi connectivity index (χ1n) is 8.29. The molecule has 2 rings (SSSR count). The molecular weight excluding hydrogens is 300 g/mol. The van der Waals surface area contributed by atoms with E-state index in [-0.39, 0.29) is 5.91 Å². The number of benzene rings is 1. The first-order valence-corrected chi connectivity index (χ1v) is 8.29. The molecule has 0 saturated carbocycles. The summed E-state index contributed by atoms with van der Waals surface area (Å²) in [4.78, 5) is 19.0. The zero-order chi connectivity index (χ0) is 17.5. The van der Waals surface area contributed by atoms with E-state index >= 15 is 0 Å². The van der Waals surface area contributed by atoms with Crippen molar-refractivity contribution in [2.24, 2.45) is 4.99 Å². The number of hydrogen-bond acceptors (Lipinski definition) is 4. The summed E-state index contributed by atoms with van der Waals surface area (Å²) in [6.45, 7) is 3.92. The maximum atomic E-state index is 12.2. The number of carbonyl (C=O) groups excluding carboxylic acids is 1. The van der Waals surface area contributed by atoms with Crippen molar-refractivity contribution in [1.29, 1.82) is 5.26 Å². The van der Waals surface area contributed by atoms with E-state index in [9.17, 15) is 4.79 Å². The van der Waals surface area contributed by atoms with E-state index in [2.05, 4.69) is 35.2 Å². The van der Waals surface area contributed by atoms with Crippen LogP contribution >= 0.6 is 0 Å². The second-order valence-corrected chi connectivity index (χ2v) is 6.05. The van der Waals surface area contributed by atoms with Crippen LogP contribution in [-0.4, -0.2) is 43.7 Å². The van der Waals surface area contributed by atoms with Gasteiger partial charge in [0, 0.05) is 20.0 Å². The summed E-state index contributed by atoms with van der Waals surface area (Å²) in [6.07, 6.45) is 2.96. The molecule has 1 aliphatic heterocycles. The van der Waals surface area contributed by atoms with Crippen molar-refractivity contribution < 1.29 is 4.79 Å². The highest BCUT2D eigenvalue weighted by atomic mass is 16.1. The van der Waals surface area contributed by atoms with E-state index in [1.807, 2.05) is 12.1 Å². The highest BCUT2D eigenvalue weighted by Gasteiger charge is 2.24. The van der Waals surface area contributed by atoms with E-state index < -0.39 is 0 Å². The lowest BCUT2D eigenvalue weighted by molar-refractivity contribution is -0.117. The van der Waals surface area contributed by atoms with E-state index in [1.54, 1.807) is 19.2 Å². The summed E-state index contributed by atoms with van der Waals surface area (Å²) in [6, 6.07) is 9.46. The largest absolute Gasteiger partial charge is 0.354 e.